The minimum atomic E-state index is -1.04. The monoisotopic (exact) mass is 351 g/mol. The van der Waals surface area contributed by atoms with Crippen molar-refractivity contribution in [3.05, 3.63) is 45.7 Å². The predicted molar refractivity (Wildman–Crippen MR) is 81.4 cm³/mol. The molecule has 1 aromatic carbocycles. The van der Waals surface area contributed by atoms with Gasteiger partial charge in [-0.05, 0) is 41.9 Å². The zero-order chi connectivity index (χ0) is 15.6. The van der Waals surface area contributed by atoms with Crippen LogP contribution in [0.15, 0.2) is 28.7 Å². The molecule has 0 aliphatic rings. The Hall–Kier alpha value is -2.15. The van der Waals surface area contributed by atoms with Crippen molar-refractivity contribution < 1.29 is 14.7 Å². The van der Waals surface area contributed by atoms with Crippen LogP contribution in [0, 0.1) is 13.8 Å². The second-order valence-corrected chi connectivity index (χ2v) is 5.39. The molecule has 0 spiro atoms. The molecule has 2 aromatic rings. The van der Waals surface area contributed by atoms with Crippen molar-refractivity contribution >= 4 is 33.5 Å². The van der Waals surface area contributed by atoms with Gasteiger partial charge in [0.25, 0.3) is 0 Å². The lowest BCUT2D eigenvalue weighted by atomic mass is 10.2. The van der Waals surface area contributed by atoms with E-state index in [1.807, 2.05) is 18.2 Å². The molecule has 0 unspecified atom stereocenters. The predicted octanol–water partition coefficient (Wildman–Crippen LogP) is 2.60. The summed E-state index contributed by atoms with van der Waals surface area (Å²) in [5.41, 5.74) is 1.65. The number of benzene rings is 1. The van der Waals surface area contributed by atoms with Gasteiger partial charge in [0.2, 0.25) is 5.91 Å². The number of aromatic carboxylic acids is 1. The fraction of sp³-hybridized carbons (Fsp3) is 0.214. The third kappa shape index (κ3) is 3.30. The van der Waals surface area contributed by atoms with Gasteiger partial charge in [0.15, 0.2) is 0 Å². The van der Waals surface area contributed by atoms with Gasteiger partial charge in [0, 0.05) is 4.47 Å². The minimum Gasteiger partial charge on any atom is -0.478 e. The lowest BCUT2D eigenvalue weighted by Gasteiger charge is -2.08. The van der Waals surface area contributed by atoms with Crippen LogP contribution in [0.1, 0.15) is 21.7 Å². The van der Waals surface area contributed by atoms with Gasteiger partial charge in [-0.25, -0.2) is 4.79 Å². The average molecular weight is 352 g/mol. The number of hydrogen-bond donors (Lipinski definition) is 2. The summed E-state index contributed by atoms with van der Waals surface area (Å²) >= 11 is 3.34. The molecule has 0 atom stereocenters. The first-order valence-corrected chi connectivity index (χ1v) is 7.01. The number of nitrogens with zero attached hydrogens (tertiary/aromatic N) is 2. The largest absolute Gasteiger partial charge is 0.478 e. The van der Waals surface area contributed by atoms with Crippen molar-refractivity contribution in [2.24, 2.45) is 0 Å². The zero-order valence-electron chi connectivity index (χ0n) is 11.6. The number of halogens is 1. The second kappa shape index (κ2) is 6.09. The van der Waals surface area contributed by atoms with Crippen molar-refractivity contribution in [3.63, 3.8) is 0 Å². The first-order chi connectivity index (χ1) is 9.90. The van der Waals surface area contributed by atoms with Crippen LogP contribution >= 0.6 is 15.9 Å². The number of rotatable bonds is 4. The SMILES string of the molecule is Cc1nn(CC(=O)Nc2ccccc2Br)c(C)c1C(=O)O. The fourth-order valence-corrected chi connectivity index (χ4v) is 2.43. The van der Waals surface area contributed by atoms with Gasteiger partial charge in [-0.2, -0.15) is 5.10 Å². The number of anilines is 1. The number of aryl methyl sites for hydroxylation is 1. The molecule has 0 radical (unpaired) electrons. The van der Waals surface area contributed by atoms with Crippen molar-refractivity contribution in [1.82, 2.24) is 9.78 Å². The van der Waals surface area contributed by atoms with E-state index in [0.29, 0.717) is 17.1 Å². The Morgan fingerprint density at radius 1 is 1.33 bits per heavy atom. The number of carbonyl (C=O) groups excluding carboxylic acids is 1. The van der Waals surface area contributed by atoms with E-state index in [-0.39, 0.29) is 18.0 Å². The van der Waals surface area contributed by atoms with Crippen LogP contribution < -0.4 is 5.32 Å². The van der Waals surface area contributed by atoms with Crippen LogP contribution in [0.4, 0.5) is 5.69 Å². The van der Waals surface area contributed by atoms with Gasteiger partial charge in [0.1, 0.15) is 12.1 Å². The lowest BCUT2D eigenvalue weighted by molar-refractivity contribution is -0.116. The summed E-state index contributed by atoms with van der Waals surface area (Å²) < 4.78 is 2.17. The van der Waals surface area contributed by atoms with Gasteiger partial charge in [0.05, 0.1) is 17.1 Å². The Kier molecular flexibility index (Phi) is 4.42. The molecule has 0 aliphatic carbocycles. The summed E-state index contributed by atoms with van der Waals surface area (Å²) in [7, 11) is 0. The fourth-order valence-electron chi connectivity index (χ4n) is 2.05. The molecular weight excluding hydrogens is 338 g/mol. The number of nitrogens with one attached hydrogen (secondary N) is 1. The summed E-state index contributed by atoms with van der Waals surface area (Å²) in [5, 5.41) is 16.0. The molecule has 2 N–H and O–H groups in total. The Bertz CT molecular complexity index is 709. The second-order valence-electron chi connectivity index (χ2n) is 4.54. The van der Waals surface area contributed by atoms with Crippen LogP contribution in [0.25, 0.3) is 0 Å². The summed E-state index contributed by atoms with van der Waals surface area (Å²) in [6.45, 7) is 3.20. The smallest absolute Gasteiger partial charge is 0.339 e. The summed E-state index contributed by atoms with van der Waals surface area (Å²) in [6, 6.07) is 7.25. The standard InChI is InChI=1S/C14H14BrN3O3/c1-8-13(14(20)21)9(2)18(17-8)7-12(19)16-11-6-4-3-5-10(11)15/h3-6H,7H2,1-2H3,(H,16,19)(H,20,21). The molecule has 1 aromatic heterocycles. The molecule has 0 aliphatic heterocycles. The molecule has 2 rings (SSSR count). The minimum absolute atomic E-state index is 0.0404. The molecule has 0 bridgehead atoms. The van der Waals surface area contributed by atoms with E-state index in [1.54, 1.807) is 19.9 Å². The number of hydrogen-bond acceptors (Lipinski definition) is 3. The van der Waals surface area contributed by atoms with E-state index in [1.165, 1.54) is 4.68 Å². The van der Waals surface area contributed by atoms with E-state index in [4.69, 9.17) is 5.11 Å². The van der Waals surface area contributed by atoms with Gasteiger partial charge >= 0.3 is 5.97 Å². The van der Waals surface area contributed by atoms with E-state index < -0.39 is 5.97 Å². The van der Waals surface area contributed by atoms with Gasteiger partial charge < -0.3 is 10.4 Å². The van der Waals surface area contributed by atoms with Gasteiger partial charge in [-0.1, -0.05) is 12.1 Å². The molecular formula is C14H14BrN3O3. The molecule has 6 nitrogen and oxygen atoms in total. The Morgan fingerprint density at radius 3 is 2.57 bits per heavy atom. The van der Waals surface area contributed by atoms with Crippen LogP contribution in [0.3, 0.4) is 0 Å². The number of amides is 1. The third-order valence-electron chi connectivity index (χ3n) is 3.04. The van der Waals surface area contributed by atoms with Crippen LogP contribution in [0.5, 0.6) is 0 Å². The van der Waals surface area contributed by atoms with E-state index >= 15 is 0 Å². The molecule has 21 heavy (non-hydrogen) atoms. The van der Waals surface area contributed by atoms with Crippen LogP contribution in [-0.4, -0.2) is 26.8 Å². The van der Waals surface area contributed by atoms with E-state index in [0.717, 1.165) is 4.47 Å². The first kappa shape index (κ1) is 15.2. The average Bonchev–Trinajstić information content (AvgIpc) is 2.67. The number of para-hydroxylation sites is 1. The normalized spacial score (nSPS) is 10.4. The Balaban J connectivity index is 2.16. The Labute approximate surface area is 129 Å². The Morgan fingerprint density at radius 2 is 2.00 bits per heavy atom. The maximum absolute atomic E-state index is 12.0. The van der Waals surface area contributed by atoms with Crippen molar-refractivity contribution in [2.45, 2.75) is 20.4 Å². The highest BCUT2D eigenvalue weighted by atomic mass is 79.9. The number of aromatic nitrogens is 2. The maximum Gasteiger partial charge on any atom is 0.339 e. The molecule has 0 saturated heterocycles. The van der Waals surface area contributed by atoms with Gasteiger partial charge in [-0.15, -0.1) is 0 Å². The van der Waals surface area contributed by atoms with Crippen LogP contribution in [0.2, 0.25) is 0 Å². The highest BCUT2D eigenvalue weighted by molar-refractivity contribution is 9.10. The number of carbonyl (C=O) groups is 2. The molecule has 0 fully saturated rings. The summed E-state index contributed by atoms with van der Waals surface area (Å²) in [5.74, 6) is -1.31. The highest BCUT2D eigenvalue weighted by Gasteiger charge is 2.19. The van der Waals surface area contributed by atoms with E-state index in [2.05, 4.69) is 26.3 Å². The summed E-state index contributed by atoms with van der Waals surface area (Å²) in [6.07, 6.45) is 0. The van der Waals surface area contributed by atoms with Gasteiger partial charge in [-0.3, -0.25) is 9.48 Å². The molecule has 0 saturated carbocycles. The van der Waals surface area contributed by atoms with E-state index in [9.17, 15) is 9.59 Å². The van der Waals surface area contributed by atoms with Crippen molar-refractivity contribution in [2.75, 3.05) is 5.32 Å². The maximum atomic E-state index is 12.0. The number of carboxylic acids is 1. The summed E-state index contributed by atoms with van der Waals surface area (Å²) in [4.78, 5) is 23.2. The molecule has 1 amide bonds. The topological polar surface area (TPSA) is 84.2 Å². The first-order valence-electron chi connectivity index (χ1n) is 6.22. The van der Waals surface area contributed by atoms with Crippen molar-refractivity contribution in [3.8, 4) is 0 Å². The molecule has 110 valence electrons. The lowest BCUT2D eigenvalue weighted by Crippen LogP contribution is -2.20. The molecule has 1 heterocycles. The molecule has 7 heteroatoms. The highest BCUT2D eigenvalue weighted by Crippen LogP contribution is 2.21. The quantitative estimate of drug-likeness (QED) is 0.886. The third-order valence-corrected chi connectivity index (χ3v) is 3.73. The van der Waals surface area contributed by atoms with Crippen LogP contribution in [-0.2, 0) is 11.3 Å². The van der Waals surface area contributed by atoms with Crippen molar-refractivity contribution in [1.29, 1.82) is 0 Å². The zero-order valence-corrected chi connectivity index (χ0v) is 13.1. The number of carboxylic acid groups (broad SMARTS) is 1.